The van der Waals surface area contributed by atoms with Crippen molar-refractivity contribution >= 4 is 16.9 Å². The van der Waals surface area contributed by atoms with Gasteiger partial charge in [-0.2, -0.15) is 0 Å². The van der Waals surface area contributed by atoms with Crippen molar-refractivity contribution in [3.05, 3.63) is 35.9 Å². The quantitative estimate of drug-likeness (QED) is 0.716. The van der Waals surface area contributed by atoms with E-state index < -0.39 is 0 Å². The zero-order chi connectivity index (χ0) is 9.31. The summed E-state index contributed by atoms with van der Waals surface area (Å²) in [5.74, 6) is 0.973. The lowest BCUT2D eigenvalue weighted by molar-refractivity contribution is -0.119. The van der Waals surface area contributed by atoms with Gasteiger partial charge in [0.1, 0.15) is 0 Å². The van der Waals surface area contributed by atoms with E-state index in [1.807, 2.05) is 18.2 Å². The molecular formula is C11H12OS. The monoisotopic (exact) mass is 192 g/mol. The molecule has 1 aliphatic heterocycles. The fourth-order valence-corrected chi connectivity index (χ4v) is 2.48. The Morgan fingerprint density at radius 1 is 1.38 bits per heavy atom. The fraction of sp³-hybridized carbons (Fsp3) is 0.364. The third kappa shape index (κ3) is 1.63. The van der Waals surface area contributed by atoms with Crippen LogP contribution in [0.25, 0.3) is 0 Å². The lowest BCUT2D eigenvalue weighted by Gasteiger charge is -2.35. The van der Waals surface area contributed by atoms with Gasteiger partial charge in [-0.25, -0.2) is 0 Å². The summed E-state index contributed by atoms with van der Waals surface area (Å²) < 4.78 is 0. The van der Waals surface area contributed by atoms with E-state index in [4.69, 9.17) is 0 Å². The molecule has 0 spiro atoms. The molecule has 2 heteroatoms. The Morgan fingerprint density at radius 2 is 2.08 bits per heavy atom. The lowest BCUT2D eigenvalue weighted by Crippen LogP contribution is -2.39. The number of thioether (sulfide) groups is 1. The van der Waals surface area contributed by atoms with Crippen LogP contribution in [0.15, 0.2) is 30.3 Å². The van der Waals surface area contributed by atoms with E-state index in [1.54, 1.807) is 0 Å². The van der Waals surface area contributed by atoms with Crippen LogP contribution in [0.3, 0.4) is 0 Å². The molecule has 1 saturated heterocycles. The largest absolute Gasteiger partial charge is 0.287 e. The maximum Gasteiger partial charge on any atom is 0.196 e. The number of hydrogen-bond acceptors (Lipinski definition) is 2. The van der Waals surface area contributed by atoms with Gasteiger partial charge in [-0.3, -0.25) is 4.79 Å². The molecular weight excluding hydrogens is 180 g/mol. The maximum atomic E-state index is 11.3. The molecule has 1 unspecified atom stereocenters. The van der Waals surface area contributed by atoms with Gasteiger partial charge in [0.25, 0.3) is 0 Å². The standard InChI is InChI=1S/C11H12OS/c1-11(8-13-10(11)12)7-9-5-3-2-4-6-9/h2-6H,7-8H2,1H3. The second-order valence-corrected chi connectivity index (χ2v) is 4.75. The van der Waals surface area contributed by atoms with E-state index in [0.29, 0.717) is 5.12 Å². The minimum atomic E-state index is -0.0912. The Hall–Kier alpha value is -0.760. The molecule has 1 fully saturated rings. The van der Waals surface area contributed by atoms with Crippen molar-refractivity contribution in [3.63, 3.8) is 0 Å². The number of carbonyl (C=O) groups excluding carboxylic acids is 1. The molecule has 1 nitrogen and oxygen atoms in total. The van der Waals surface area contributed by atoms with Crippen LogP contribution in [-0.2, 0) is 11.2 Å². The molecule has 0 amide bonds. The van der Waals surface area contributed by atoms with E-state index in [9.17, 15) is 4.79 Å². The Bertz CT molecular complexity index is 320. The van der Waals surface area contributed by atoms with E-state index in [1.165, 1.54) is 17.3 Å². The SMILES string of the molecule is CC1(Cc2ccccc2)CSC1=O. The van der Waals surface area contributed by atoms with Gasteiger partial charge in [0.15, 0.2) is 5.12 Å². The van der Waals surface area contributed by atoms with Crippen LogP contribution in [0, 0.1) is 5.41 Å². The molecule has 0 saturated carbocycles. The highest BCUT2D eigenvalue weighted by molar-refractivity contribution is 8.15. The number of carbonyl (C=O) groups is 1. The van der Waals surface area contributed by atoms with E-state index in [-0.39, 0.29) is 5.41 Å². The Kier molecular flexibility index (Phi) is 2.16. The van der Waals surface area contributed by atoms with E-state index in [0.717, 1.165) is 12.2 Å². The van der Waals surface area contributed by atoms with Crippen molar-refractivity contribution in [2.45, 2.75) is 13.3 Å². The highest BCUT2D eigenvalue weighted by atomic mass is 32.2. The van der Waals surface area contributed by atoms with Gasteiger partial charge >= 0.3 is 0 Å². The first-order valence-corrected chi connectivity index (χ1v) is 5.40. The number of benzene rings is 1. The third-order valence-electron chi connectivity index (χ3n) is 2.45. The van der Waals surface area contributed by atoms with Crippen molar-refractivity contribution < 1.29 is 4.79 Å². The van der Waals surface area contributed by atoms with Gasteiger partial charge in [-0.05, 0) is 12.0 Å². The summed E-state index contributed by atoms with van der Waals surface area (Å²) in [6.07, 6.45) is 0.889. The van der Waals surface area contributed by atoms with Crippen LogP contribution in [0.4, 0.5) is 0 Å². The Balaban J connectivity index is 2.11. The predicted octanol–water partition coefficient (Wildman–Crippen LogP) is 2.51. The first-order chi connectivity index (χ1) is 6.21. The molecule has 13 heavy (non-hydrogen) atoms. The summed E-state index contributed by atoms with van der Waals surface area (Å²) in [4.78, 5) is 11.3. The second-order valence-electron chi connectivity index (χ2n) is 3.80. The molecule has 0 aliphatic carbocycles. The molecule has 2 rings (SSSR count). The first-order valence-electron chi connectivity index (χ1n) is 4.42. The molecule has 68 valence electrons. The van der Waals surface area contributed by atoms with Gasteiger partial charge in [-0.1, -0.05) is 49.0 Å². The van der Waals surface area contributed by atoms with Crippen LogP contribution in [0.1, 0.15) is 12.5 Å². The van der Waals surface area contributed by atoms with Gasteiger partial charge in [0.05, 0.1) is 5.41 Å². The molecule has 1 aromatic carbocycles. The average Bonchev–Trinajstić information content (AvgIpc) is 2.17. The molecule has 0 aromatic heterocycles. The van der Waals surface area contributed by atoms with Crippen LogP contribution in [0.2, 0.25) is 0 Å². The Morgan fingerprint density at radius 3 is 2.54 bits per heavy atom. The third-order valence-corrected chi connectivity index (χ3v) is 3.99. The molecule has 1 heterocycles. The topological polar surface area (TPSA) is 17.1 Å². The van der Waals surface area contributed by atoms with Crippen molar-refractivity contribution in [1.29, 1.82) is 0 Å². The summed E-state index contributed by atoms with van der Waals surface area (Å²) in [7, 11) is 0. The summed E-state index contributed by atoms with van der Waals surface area (Å²) in [6, 6.07) is 10.2. The number of hydrogen-bond donors (Lipinski definition) is 0. The van der Waals surface area contributed by atoms with E-state index in [2.05, 4.69) is 19.1 Å². The summed E-state index contributed by atoms with van der Waals surface area (Å²) in [6.45, 7) is 2.05. The van der Waals surface area contributed by atoms with Gasteiger partial charge in [-0.15, -0.1) is 0 Å². The average molecular weight is 192 g/mol. The minimum absolute atomic E-state index is 0.0912. The molecule has 1 atom stereocenters. The normalized spacial score (nSPS) is 27.0. The molecule has 0 bridgehead atoms. The molecule has 1 aromatic rings. The highest BCUT2D eigenvalue weighted by Crippen LogP contribution is 2.41. The molecule has 0 radical (unpaired) electrons. The first kappa shape index (κ1) is 8.82. The smallest absolute Gasteiger partial charge is 0.196 e. The van der Waals surface area contributed by atoms with Crippen molar-refractivity contribution in [2.75, 3.05) is 5.75 Å². The van der Waals surface area contributed by atoms with Gasteiger partial charge in [0.2, 0.25) is 0 Å². The predicted molar refractivity (Wildman–Crippen MR) is 55.7 cm³/mol. The Labute approximate surface area is 82.5 Å². The van der Waals surface area contributed by atoms with Gasteiger partial charge < -0.3 is 0 Å². The zero-order valence-electron chi connectivity index (χ0n) is 7.62. The minimum Gasteiger partial charge on any atom is -0.287 e. The van der Waals surface area contributed by atoms with Crippen molar-refractivity contribution in [2.24, 2.45) is 5.41 Å². The van der Waals surface area contributed by atoms with Crippen LogP contribution in [-0.4, -0.2) is 10.9 Å². The fourth-order valence-electron chi connectivity index (χ4n) is 1.55. The number of rotatable bonds is 2. The molecule has 0 N–H and O–H groups in total. The van der Waals surface area contributed by atoms with Crippen LogP contribution >= 0.6 is 11.8 Å². The second kappa shape index (κ2) is 3.18. The molecule has 1 aliphatic rings. The highest BCUT2D eigenvalue weighted by Gasteiger charge is 2.42. The van der Waals surface area contributed by atoms with Gasteiger partial charge in [0, 0.05) is 5.75 Å². The lowest BCUT2D eigenvalue weighted by atomic mass is 9.86. The summed E-state index contributed by atoms with van der Waals surface area (Å²) in [5.41, 5.74) is 1.17. The maximum absolute atomic E-state index is 11.3. The van der Waals surface area contributed by atoms with E-state index >= 15 is 0 Å². The zero-order valence-corrected chi connectivity index (χ0v) is 8.43. The summed E-state index contributed by atoms with van der Waals surface area (Å²) in [5, 5.41) is 0.344. The van der Waals surface area contributed by atoms with Crippen molar-refractivity contribution in [3.8, 4) is 0 Å². The van der Waals surface area contributed by atoms with Crippen molar-refractivity contribution in [1.82, 2.24) is 0 Å². The summed E-state index contributed by atoms with van der Waals surface area (Å²) >= 11 is 1.45. The van der Waals surface area contributed by atoms with Crippen LogP contribution < -0.4 is 0 Å². The van der Waals surface area contributed by atoms with Crippen LogP contribution in [0.5, 0.6) is 0 Å².